The van der Waals surface area contributed by atoms with Crippen LogP contribution in [0.2, 0.25) is 0 Å². The molecule has 0 bridgehead atoms. The Morgan fingerprint density at radius 2 is 2.07 bits per heavy atom. The molecule has 0 fully saturated rings. The Morgan fingerprint density at radius 3 is 2.60 bits per heavy atom. The van der Waals surface area contributed by atoms with Crippen molar-refractivity contribution in [2.24, 2.45) is 5.73 Å². The van der Waals surface area contributed by atoms with Crippen LogP contribution in [0.3, 0.4) is 0 Å². The van der Waals surface area contributed by atoms with Crippen LogP contribution < -0.4 is 15.2 Å². The van der Waals surface area contributed by atoms with E-state index in [-0.39, 0.29) is 6.61 Å². The van der Waals surface area contributed by atoms with Crippen LogP contribution in [-0.4, -0.2) is 30.8 Å². The number of rotatable bonds is 5. The molecule has 0 heterocycles. The summed E-state index contributed by atoms with van der Waals surface area (Å²) >= 11 is 0. The van der Waals surface area contributed by atoms with Gasteiger partial charge in [0, 0.05) is 0 Å². The summed E-state index contributed by atoms with van der Waals surface area (Å²) in [6, 6.07) is 5.94. The summed E-state index contributed by atoms with van der Waals surface area (Å²) in [7, 11) is 1.51. The maximum absolute atomic E-state index is 10.4. The first-order valence-electron chi connectivity index (χ1n) is 4.39. The smallest absolute Gasteiger partial charge is 0.324 e. The first-order chi connectivity index (χ1) is 7.15. The molecule has 0 aliphatic heterocycles. The van der Waals surface area contributed by atoms with E-state index >= 15 is 0 Å². The largest absolute Gasteiger partial charge is 0.493 e. The lowest BCUT2D eigenvalue weighted by atomic mass is 10.3. The summed E-state index contributed by atoms with van der Waals surface area (Å²) in [5.41, 5.74) is 5.29. The highest BCUT2D eigenvalue weighted by molar-refractivity contribution is 5.73. The van der Waals surface area contributed by atoms with Crippen molar-refractivity contribution in [1.82, 2.24) is 0 Å². The van der Waals surface area contributed by atoms with E-state index in [2.05, 4.69) is 0 Å². The van der Waals surface area contributed by atoms with Gasteiger partial charge in [-0.05, 0) is 12.1 Å². The third-order valence-electron chi connectivity index (χ3n) is 1.80. The zero-order valence-electron chi connectivity index (χ0n) is 8.34. The minimum atomic E-state index is -1.09. The van der Waals surface area contributed by atoms with Gasteiger partial charge in [0.25, 0.3) is 0 Å². The molecule has 1 aromatic rings. The summed E-state index contributed by atoms with van der Waals surface area (Å²) in [4.78, 5) is 10.4. The molecule has 1 rings (SSSR count). The maximum atomic E-state index is 10.4. The fourth-order valence-corrected chi connectivity index (χ4v) is 0.989. The highest BCUT2D eigenvalue weighted by atomic mass is 16.5. The molecule has 0 aliphatic carbocycles. The minimum absolute atomic E-state index is 0.0876. The minimum Gasteiger partial charge on any atom is -0.493 e. The van der Waals surface area contributed by atoms with Gasteiger partial charge in [-0.1, -0.05) is 12.1 Å². The Labute approximate surface area is 87.4 Å². The molecule has 0 amide bonds. The average Bonchev–Trinajstić information content (AvgIpc) is 2.26. The average molecular weight is 211 g/mol. The molecule has 0 aromatic heterocycles. The first-order valence-corrected chi connectivity index (χ1v) is 4.39. The summed E-state index contributed by atoms with van der Waals surface area (Å²) in [6.07, 6.45) is 0. The van der Waals surface area contributed by atoms with Crippen LogP contribution >= 0.6 is 0 Å². The fraction of sp³-hybridized carbons (Fsp3) is 0.300. The molecule has 3 N–H and O–H groups in total. The van der Waals surface area contributed by atoms with Crippen LogP contribution in [0, 0.1) is 0 Å². The number of carboxylic acids is 1. The Morgan fingerprint density at radius 1 is 1.47 bits per heavy atom. The lowest BCUT2D eigenvalue weighted by Crippen LogP contribution is -2.36. The molecule has 0 spiro atoms. The van der Waals surface area contributed by atoms with Crippen molar-refractivity contribution in [3.05, 3.63) is 24.3 Å². The summed E-state index contributed by atoms with van der Waals surface area (Å²) < 4.78 is 10.2. The van der Waals surface area contributed by atoms with Crippen molar-refractivity contribution in [1.29, 1.82) is 0 Å². The van der Waals surface area contributed by atoms with Gasteiger partial charge in [0.2, 0.25) is 0 Å². The van der Waals surface area contributed by atoms with Gasteiger partial charge in [-0.3, -0.25) is 4.79 Å². The van der Waals surface area contributed by atoms with Gasteiger partial charge < -0.3 is 20.3 Å². The monoisotopic (exact) mass is 211 g/mol. The second kappa shape index (κ2) is 5.21. The molecule has 1 atom stereocenters. The third-order valence-corrected chi connectivity index (χ3v) is 1.80. The van der Waals surface area contributed by atoms with Crippen molar-refractivity contribution in [3.8, 4) is 11.5 Å². The molecule has 82 valence electrons. The normalized spacial score (nSPS) is 11.9. The van der Waals surface area contributed by atoms with Crippen LogP contribution in [0.15, 0.2) is 24.3 Å². The van der Waals surface area contributed by atoms with Crippen LogP contribution in [0.4, 0.5) is 0 Å². The number of benzene rings is 1. The van der Waals surface area contributed by atoms with Crippen LogP contribution in [0.5, 0.6) is 11.5 Å². The van der Waals surface area contributed by atoms with Crippen LogP contribution in [-0.2, 0) is 4.79 Å². The topological polar surface area (TPSA) is 81.8 Å². The van der Waals surface area contributed by atoms with Gasteiger partial charge in [0.05, 0.1) is 7.11 Å². The molecule has 5 heteroatoms. The van der Waals surface area contributed by atoms with E-state index < -0.39 is 12.0 Å². The van der Waals surface area contributed by atoms with Crippen molar-refractivity contribution < 1.29 is 19.4 Å². The third kappa shape index (κ3) is 3.14. The highest BCUT2D eigenvalue weighted by Gasteiger charge is 2.13. The van der Waals surface area contributed by atoms with Gasteiger partial charge >= 0.3 is 5.97 Å². The second-order valence-corrected chi connectivity index (χ2v) is 2.91. The molecule has 0 unspecified atom stereocenters. The number of para-hydroxylation sites is 2. The van der Waals surface area contributed by atoms with Crippen molar-refractivity contribution in [2.75, 3.05) is 13.7 Å². The van der Waals surface area contributed by atoms with Crippen molar-refractivity contribution in [2.45, 2.75) is 6.04 Å². The van der Waals surface area contributed by atoms with Crippen LogP contribution in [0.25, 0.3) is 0 Å². The Bertz CT molecular complexity index is 340. The number of carboxylic acid groups (broad SMARTS) is 1. The van der Waals surface area contributed by atoms with Gasteiger partial charge in [-0.15, -0.1) is 0 Å². The van der Waals surface area contributed by atoms with Gasteiger partial charge in [0.1, 0.15) is 12.6 Å². The molecular weight excluding hydrogens is 198 g/mol. The number of carbonyl (C=O) groups is 1. The zero-order chi connectivity index (χ0) is 11.3. The van der Waals surface area contributed by atoms with Crippen molar-refractivity contribution >= 4 is 5.97 Å². The standard InChI is InChI=1S/C10H13NO4/c1-14-8-4-2-3-5-9(8)15-6-7(11)10(12)13/h2-5,7H,6,11H2,1H3,(H,12,13)/t7-/m1/s1. The van der Waals surface area contributed by atoms with Gasteiger partial charge in [-0.2, -0.15) is 0 Å². The number of methoxy groups -OCH3 is 1. The maximum Gasteiger partial charge on any atom is 0.324 e. The Balaban J connectivity index is 2.60. The van der Waals surface area contributed by atoms with E-state index in [1.807, 2.05) is 0 Å². The lowest BCUT2D eigenvalue weighted by molar-refractivity contribution is -0.139. The van der Waals surface area contributed by atoms with E-state index in [9.17, 15) is 4.79 Å². The molecule has 1 aromatic carbocycles. The summed E-state index contributed by atoms with van der Waals surface area (Å²) in [6.45, 7) is -0.0876. The van der Waals surface area contributed by atoms with Crippen molar-refractivity contribution in [3.63, 3.8) is 0 Å². The summed E-state index contributed by atoms with van der Waals surface area (Å²) in [5, 5.41) is 8.55. The molecular formula is C10H13NO4. The zero-order valence-corrected chi connectivity index (χ0v) is 8.34. The van der Waals surface area contributed by atoms with E-state index in [0.717, 1.165) is 0 Å². The Hall–Kier alpha value is -1.75. The van der Waals surface area contributed by atoms with E-state index in [4.69, 9.17) is 20.3 Å². The second-order valence-electron chi connectivity index (χ2n) is 2.91. The molecule has 0 aliphatic rings. The predicted octanol–water partition coefficient (Wildman–Crippen LogP) is 0.486. The number of hydrogen-bond donors (Lipinski definition) is 2. The molecule has 15 heavy (non-hydrogen) atoms. The number of ether oxygens (including phenoxy) is 2. The van der Waals surface area contributed by atoms with Gasteiger partial charge in [-0.25, -0.2) is 0 Å². The first kappa shape index (κ1) is 11.3. The van der Waals surface area contributed by atoms with E-state index in [1.54, 1.807) is 24.3 Å². The number of hydrogen-bond acceptors (Lipinski definition) is 4. The highest BCUT2D eigenvalue weighted by Crippen LogP contribution is 2.25. The van der Waals surface area contributed by atoms with E-state index in [0.29, 0.717) is 11.5 Å². The van der Waals surface area contributed by atoms with Crippen LogP contribution in [0.1, 0.15) is 0 Å². The number of aliphatic carboxylic acids is 1. The molecule has 0 radical (unpaired) electrons. The summed E-state index contributed by atoms with van der Waals surface area (Å²) in [5.74, 6) is -0.0586. The fourth-order valence-electron chi connectivity index (χ4n) is 0.989. The molecule has 5 nitrogen and oxygen atoms in total. The molecule has 0 saturated heterocycles. The SMILES string of the molecule is COc1ccccc1OC[C@@H](N)C(=O)O. The quantitative estimate of drug-likeness (QED) is 0.740. The van der Waals surface area contributed by atoms with E-state index in [1.165, 1.54) is 7.11 Å². The number of nitrogens with two attached hydrogens (primary N) is 1. The lowest BCUT2D eigenvalue weighted by Gasteiger charge is -2.11. The van der Waals surface area contributed by atoms with Gasteiger partial charge in [0.15, 0.2) is 11.5 Å². The molecule has 0 saturated carbocycles. The Kier molecular flexibility index (Phi) is 3.93. The predicted molar refractivity (Wildman–Crippen MR) is 54.1 cm³/mol.